The van der Waals surface area contributed by atoms with Gasteiger partial charge >= 0.3 is 0 Å². The molecule has 1 fully saturated rings. The Morgan fingerprint density at radius 1 is 1.33 bits per heavy atom. The number of halogens is 1. The molecular weight excluding hydrogens is 252 g/mol. The molecule has 4 nitrogen and oxygen atoms in total. The van der Waals surface area contributed by atoms with Crippen LogP contribution < -0.4 is 0 Å². The average Bonchev–Trinajstić information content (AvgIpc) is 2.87. The highest BCUT2D eigenvalue weighted by atomic mass is 35.5. The van der Waals surface area contributed by atoms with E-state index in [-0.39, 0.29) is 5.60 Å². The van der Waals surface area contributed by atoms with Gasteiger partial charge in [0.2, 0.25) is 11.7 Å². The topological polar surface area (TPSA) is 48.2 Å². The Balaban J connectivity index is 2.12. The molecule has 0 atom stereocenters. The van der Waals surface area contributed by atoms with E-state index in [0.29, 0.717) is 18.4 Å². The highest BCUT2D eigenvalue weighted by Crippen LogP contribution is 2.39. The molecule has 0 saturated heterocycles. The molecule has 0 aromatic carbocycles. The summed E-state index contributed by atoms with van der Waals surface area (Å²) in [7, 11) is 0. The van der Waals surface area contributed by atoms with Gasteiger partial charge in [-0.05, 0) is 26.2 Å². The van der Waals surface area contributed by atoms with Crippen LogP contribution in [0, 0.1) is 0 Å². The second-order valence-electron chi connectivity index (χ2n) is 4.79. The maximum atomic E-state index is 5.96. The van der Waals surface area contributed by atoms with E-state index in [1.165, 1.54) is 19.3 Å². The van der Waals surface area contributed by atoms with Crippen molar-refractivity contribution in [2.24, 2.45) is 0 Å². The third-order valence-electron chi connectivity index (χ3n) is 3.48. The van der Waals surface area contributed by atoms with Gasteiger partial charge < -0.3 is 9.26 Å². The number of alkyl halides is 1. The van der Waals surface area contributed by atoms with E-state index in [0.717, 1.165) is 31.5 Å². The van der Waals surface area contributed by atoms with E-state index < -0.39 is 0 Å². The molecule has 102 valence electrons. The molecule has 2 rings (SSSR count). The van der Waals surface area contributed by atoms with Crippen LogP contribution in [0.25, 0.3) is 0 Å². The lowest BCUT2D eigenvalue weighted by Gasteiger charge is -2.33. The van der Waals surface area contributed by atoms with E-state index in [9.17, 15) is 0 Å². The SMILES string of the molecule is CCOC1(c2noc(CCCCl)n2)CCCCC1. The normalized spacial score (nSPS) is 19.0. The Morgan fingerprint density at radius 3 is 2.78 bits per heavy atom. The van der Waals surface area contributed by atoms with Gasteiger partial charge in [-0.1, -0.05) is 24.4 Å². The summed E-state index contributed by atoms with van der Waals surface area (Å²) >= 11 is 5.67. The van der Waals surface area contributed by atoms with Crippen LogP contribution >= 0.6 is 11.6 Å². The predicted molar refractivity (Wildman–Crippen MR) is 69.7 cm³/mol. The molecule has 0 unspecified atom stereocenters. The molecule has 5 heteroatoms. The minimum absolute atomic E-state index is 0.310. The van der Waals surface area contributed by atoms with Crippen LogP contribution in [0.2, 0.25) is 0 Å². The van der Waals surface area contributed by atoms with Crippen molar-refractivity contribution in [2.45, 2.75) is 57.5 Å². The molecular formula is C13H21ClN2O2. The first-order chi connectivity index (χ1) is 8.80. The van der Waals surface area contributed by atoms with Gasteiger partial charge in [0.15, 0.2) is 0 Å². The lowest BCUT2D eigenvalue weighted by Crippen LogP contribution is -2.33. The monoisotopic (exact) mass is 272 g/mol. The number of hydrogen-bond donors (Lipinski definition) is 0. The molecule has 1 aromatic heterocycles. The maximum Gasteiger partial charge on any atom is 0.226 e. The number of ether oxygens (including phenoxy) is 1. The summed E-state index contributed by atoms with van der Waals surface area (Å²) in [6.07, 6.45) is 7.22. The number of aromatic nitrogens is 2. The number of hydrogen-bond acceptors (Lipinski definition) is 4. The van der Waals surface area contributed by atoms with Gasteiger partial charge in [0.25, 0.3) is 0 Å². The molecule has 1 saturated carbocycles. The summed E-state index contributed by atoms with van der Waals surface area (Å²) in [5.41, 5.74) is -0.310. The standard InChI is InChI=1S/C13H21ClN2O2/c1-2-17-13(8-4-3-5-9-13)12-15-11(18-16-12)7-6-10-14/h2-10H2,1H3. The number of nitrogens with zero attached hydrogens (tertiary/aromatic N) is 2. The Morgan fingerprint density at radius 2 is 2.11 bits per heavy atom. The third kappa shape index (κ3) is 3.04. The summed E-state index contributed by atoms with van der Waals surface area (Å²) in [6, 6.07) is 0. The van der Waals surface area contributed by atoms with Gasteiger partial charge in [-0.25, -0.2) is 0 Å². The van der Waals surface area contributed by atoms with Crippen molar-refractivity contribution in [3.8, 4) is 0 Å². The van der Waals surface area contributed by atoms with Crippen LogP contribution in [-0.4, -0.2) is 22.6 Å². The fraction of sp³-hybridized carbons (Fsp3) is 0.846. The first-order valence-electron chi connectivity index (χ1n) is 6.84. The summed E-state index contributed by atoms with van der Waals surface area (Å²) in [5, 5.41) is 4.13. The van der Waals surface area contributed by atoms with E-state index in [2.05, 4.69) is 10.1 Å². The Labute approximate surface area is 113 Å². The van der Waals surface area contributed by atoms with Crippen molar-refractivity contribution >= 4 is 11.6 Å². The number of aryl methyl sites for hydroxylation is 1. The Bertz CT molecular complexity index is 356. The molecule has 1 aromatic rings. The molecule has 1 aliphatic rings. The predicted octanol–water partition coefficient (Wildman–Crippen LogP) is 3.44. The zero-order valence-corrected chi connectivity index (χ0v) is 11.7. The van der Waals surface area contributed by atoms with Crippen molar-refractivity contribution < 1.29 is 9.26 Å². The minimum atomic E-state index is -0.310. The van der Waals surface area contributed by atoms with E-state index in [4.69, 9.17) is 20.9 Å². The molecule has 0 spiro atoms. The van der Waals surface area contributed by atoms with Gasteiger partial charge in [0.1, 0.15) is 5.60 Å². The van der Waals surface area contributed by atoms with Crippen molar-refractivity contribution in [1.82, 2.24) is 10.1 Å². The lowest BCUT2D eigenvalue weighted by atomic mass is 9.84. The van der Waals surface area contributed by atoms with Gasteiger partial charge in [-0.2, -0.15) is 4.98 Å². The zero-order valence-electron chi connectivity index (χ0n) is 11.0. The average molecular weight is 273 g/mol. The second-order valence-corrected chi connectivity index (χ2v) is 5.17. The van der Waals surface area contributed by atoms with Gasteiger partial charge in [-0.15, -0.1) is 11.6 Å². The first-order valence-corrected chi connectivity index (χ1v) is 7.37. The largest absolute Gasteiger partial charge is 0.367 e. The van der Waals surface area contributed by atoms with Crippen LogP contribution in [0.4, 0.5) is 0 Å². The minimum Gasteiger partial charge on any atom is -0.367 e. The van der Waals surface area contributed by atoms with Crippen molar-refractivity contribution in [2.75, 3.05) is 12.5 Å². The van der Waals surface area contributed by atoms with Crippen molar-refractivity contribution in [3.05, 3.63) is 11.7 Å². The van der Waals surface area contributed by atoms with E-state index >= 15 is 0 Å². The smallest absolute Gasteiger partial charge is 0.226 e. The fourth-order valence-electron chi connectivity index (χ4n) is 2.59. The van der Waals surface area contributed by atoms with E-state index in [1.807, 2.05) is 6.92 Å². The molecule has 1 heterocycles. The summed E-state index contributed by atoms with van der Waals surface area (Å²) in [5.74, 6) is 2.03. The van der Waals surface area contributed by atoms with Crippen LogP contribution in [0.5, 0.6) is 0 Å². The Kier molecular flexibility index (Phi) is 5.01. The van der Waals surface area contributed by atoms with Crippen LogP contribution in [-0.2, 0) is 16.8 Å². The highest BCUT2D eigenvalue weighted by molar-refractivity contribution is 6.17. The van der Waals surface area contributed by atoms with E-state index in [1.54, 1.807) is 0 Å². The Hall–Kier alpha value is -0.610. The quantitative estimate of drug-likeness (QED) is 0.745. The molecule has 0 radical (unpaired) electrons. The summed E-state index contributed by atoms with van der Waals surface area (Å²) in [6.45, 7) is 2.70. The van der Waals surface area contributed by atoms with Gasteiger partial charge in [0, 0.05) is 18.9 Å². The molecule has 0 amide bonds. The highest BCUT2D eigenvalue weighted by Gasteiger charge is 2.39. The van der Waals surface area contributed by atoms with Crippen LogP contribution in [0.15, 0.2) is 4.52 Å². The van der Waals surface area contributed by atoms with Crippen LogP contribution in [0.1, 0.15) is 57.2 Å². The zero-order chi connectivity index (χ0) is 12.8. The fourth-order valence-corrected chi connectivity index (χ4v) is 2.72. The molecule has 0 bridgehead atoms. The first kappa shape index (κ1) is 13.8. The third-order valence-corrected chi connectivity index (χ3v) is 3.75. The molecule has 0 aliphatic heterocycles. The number of rotatable bonds is 6. The van der Waals surface area contributed by atoms with Crippen LogP contribution in [0.3, 0.4) is 0 Å². The maximum absolute atomic E-state index is 5.96. The molecule has 18 heavy (non-hydrogen) atoms. The molecule has 0 N–H and O–H groups in total. The lowest BCUT2D eigenvalue weighted by molar-refractivity contribution is -0.0777. The molecule has 1 aliphatic carbocycles. The van der Waals surface area contributed by atoms with Crippen molar-refractivity contribution in [1.29, 1.82) is 0 Å². The summed E-state index contributed by atoms with van der Waals surface area (Å²) in [4.78, 5) is 4.50. The van der Waals surface area contributed by atoms with Gasteiger partial charge in [-0.3, -0.25) is 0 Å². The van der Waals surface area contributed by atoms with Crippen molar-refractivity contribution in [3.63, 3.8) is 0 Å². The van der Waals surface area contributed by atoms with Gasteiger partial charge in [0.05, 0.1) is 0 Å². The summed E-state index contributed by atoms with van der Waals surface area (Å²) < 4.78 is 11.3. The second kappa shape index (κ2) is 6.53.